The number of hydrogen-bond donors (Lipinski definition) is 0. The Morgan fingerprint density at radius 2 is 1.73 bits per heavy atom. The highest BCUT2D eigenvalue weighted by Crippen LogP contribution is 2.56. The lowest BCUT2D eigenvalue weighted by Gasteiger charge is -2.46. The van der Waals surface area contributed by atoms with Gasteiger partial charge in [-0.1, -0.05) is 48.5 Å². The zero-order valence-corrected chi connectivity index (χ0v) is 18.0. The number of hydrogen-bond acceptors (Lipinski definition) is 3. The monoisotopic (exact) mass is 397 g/mol. The Balaban J connectivity index is 1.63. The molecule has 2 heterocycles. The summed E-state index contributed by atoms with van der Waals surface area (Å²) in [6.45, 7) is 7.14. The van der Waals surface area contributed by atoms with E-state index in [1.807, 2.05) is 19.1 Å². The number of nitrogens with zero attached hydrogens (tertiary/aromatic N) is 1. The van der Waals surface area contributed by atoms with Crippen LogP contribution in [0.1, 0.15) is 31.9 Å². The third kappa shape index (κ3) is 2.51. The van der Waals surface area contributed by atoms with Crippen LogP contribution in [0.2, 0.25) is 0 Å². The van der Waals surface area contributed by atoms with E-state index in [1.54, 1.807) is 0 Å². The summed E-state index contributed by atoms with van der Waals surface area (Å²) in [5.74, 6) is 1.61. The van der Waals surface area contributed by atoms with E-state index in [9.17, 15) is 0 Å². The quantitative estimate of drug-likeness (QED) is 0.519. The van der Waals surface area contributed by atoms with E-state index in [-0.39, 0.29) is 5.41 Å². The largest absolute Gasteiger partial charge is 0.490 e. The highest BCUT2D eigenvalue weighted by atomic mass is 16.5. The number of fused-ring (bicyclic) bond motifs is 2. The second-order valence-electron chi connectivity index (χ2n) is 8.52. The van der Waals surface area contributed by atoms with Gasteiger partial charge in [-0.15, -0.1) is 0 Å². The zero-order chi connectivity index (χ0) is 20.9. The van der Waals surface area contributed by atoms with E-state index in [2.05, 4.69) is 92.5 Å². The highest BCUT2D eigenvalue weighted by Gasteiger charge is 2.58. The predicted molar refractivity (Wildman–Crippen MR) is 123 cm³/mol. The van der Waals surface area contributed by atoms with Crippen molar-refractivity contribution in [1.82, 2.24) is 0 Å². The average molecular weight is 398 g/mol. The third-order valence-electron chi connectivity index (χ3n) is 6.59. The smallest absolute Gasteiger partial charge is 0.212 e. The van der Waals surface area contributed by atoms with E-state index in [0.717, 1.165) is 17.1 Å². The fraction of sp³-hybridized carbons (Fsp3) is 0.259. The minimum Gasteiger partial charge on any atom is -0.490 e. The van der Waals surface area contributed by atoms with Crippen molar-refractivity contribution in [3.8, 4) is 22.6 Å². The van der Waals surface area contributed by atoms with Crippen LogP contribution in [-0.4, -0.2) is 19.4 Å². The van der Waals surface area contributed by atoms with Crippen molar-refractivity contribution in [3.05, 3.63) is 83.9 Å². The highest BCUT2D eigenvalue weighted by molar-refractivity contribution is 5.77. The van der Waals surface area contributed by atoms with E-state index >= 15 is 0 Å². The molecule has 1 unspecified atom stereocenters. The first-order valence-corrected chi connectivity index (χ1v) is 10.6. The van der Waals surface area contributed by atoms with E-state index in [0.29, 0.717) is 6.61 Å². The molecule has 0 aliphatic carbocycles. The molecule has 3 aromatic rings. The van der Waals surface area contributed by atoms with E-state index in [1.165, 1.54) is 22.4 Å². The maximum Gasteiger partial charge on any atom is 0.212 e. The van der Waals surface area contributed by atoms with Gasteiger partial charge in [0.2, 0.25) is 5.72 Å². The zero-order valence-electron chi connectivity index (χ0n) is 18.0. The average Bonchev–Trinajstić information content (AvgIpc) is 2.93. The molecule has 0 N–H and O–H groups in total. The summed E-state index contributed by atoms with van der Waals surface area (Å²) in [5, 5.41) is 0. The maximum atomic E-state index is 6.83. The molecule has 1 spiro atoms. The van der Waals surface area contributed by atoms with Gasteiger partial charge in [-0.25, -0.2) is 0 Å². The molecule has 0 bridgehead atoms. The topological polar surface area (TPSA) is 21.7 Å². The molecule has 2 aliphatic heterocycles. The van der Waals surface area contributed by atoms with Crippen LogP contribution in [0.15, 0.2) is 72.8 Å². The van der Waals surface area contributed by atoms with Gasteiger partial charge in [-0.05, 0) is 67.8 Å². The summed E-state index contributed by atoms with van der Waals surface area (Å²) in [7, 11) is 2.12. The van der Waals surface area contributed by atoms with Crippen LogP contribution in [0.4, 0.5) is 5.69 Å². The fourth-order valence-electron chi connectivity index (χ4n) is 4.88. The maximum absolute atomic E-state index is 6.83. The van der Waals surface area contributed by atoms with E-state index in [4.69, 9.17) is 9.47 Å². The van der Waals surface area contributed by atoms with Gasteiger partial charge in [-0.3, -0.25) is 0 Å². The molecule has 0 fully saturated rings. The van der Waals surface area contributed by atoms with Crippen molar-refractivity contribution in [1.29, 1.82) is 0 Å². The normalized spacial score (nSPS) is 20.6. The molecule has 3 heteroatoms. The molecule has 1 atom stereocenters. The van der Waals surface area contributed by atoms with Crippen molar-refractivity contribution >= 4 is 11.8 Å². The van der Waals surface area contributed by atoms with Crippen LogP contribution in [0.3, 0.4) is 0 Å². The molecular weight excluding hydrogens is 370 g/mol. The fourth-order valence-corrected chi connectivity index (χ4v) is 4.88. The summed E-state index contributed by atoms with van der Waals surface area (Å²) in [4.78, 5) is 2.26. The van der Waals surface area contributed by atoms with Crippen molar-refractivity contribution in [3.63, 3.8) is 0 Å². The van der Waals surface area contributed by atoms with Crippen LogP contribution >= 0.6 is 0 Å². The SMILES string of the molecule is CCOc1cccc2c1OC1(C=C2)N(C)c2ccc(-c3ccccc3)cc2C1(C)C. The molecular formula is C27H27NO2. The Bertz CT molecular complexity index is 1130. The number of anilines is 1. The van der Waals surface area contributed by atoms with Gasteiger partial charge < -0.3 is 14.4 Å². The molecule has 0 saturated heterocycles. The summed E-state index contributed by atoms with van der Waals surface area (Å²) < 4.78 is 12.7. The van der Waals surface area contributed by atoms with Gasteiger partial charge >= 0.3 is 0 Å². The lowest BCUT2D eigenvalue weighted by molar-refractivity contribution is 0.0545. The minimum absolute atomic E-state index is 0.268. The molecule has 0 saturated carbocycles. The van der Waals surface area contributed by atoms with Gasteiger partial charge in [0.05, 0.1) is 12.0 Å². The van der Waals surface area contributed by atoms with Crippen molar-refractivity contribution in [2.45, 2.75) is 31.9 Å². The Kier molecular flexibility index (Phi) is 4.18. The summed E-state index contributed by atoms with van der Waals surface area (Å²) in [5.41, 5.74) is 5.10. The number of benzene rings is 3. The molecule has 3 aromatic carbocycles. The van der Waals surface area contributed by atoms with Gasteiger partial charge in [0.25, 0.3) is 0 Å². The summed E-state index contributed by atoms with van der Waals surface area (Å²) in [6, 6.07) is 23.3. The van der Waals surface area contributed by atoms with Gasteiger partial charge in [0.1, 0.15) is 0 Å². The molecule has 2 aliphatic rings. The standard InChI is InChI=1S/C27H27NO2/c1-5-29-24-13-9-12-20-16-17-27(30-25(20)24)26(2,3)22-18-21(14-15-23(22)28(27)4)19-10-7-6-8-11-19/h6-18H,5H2,1-4H3. The van der Waals surface area contributed by atoms with Crippen molar-refractivity contribution < 1.29 is 9.47 Å². The van der Waals surface area contributed by atoms with Gasteiger partial charge in [0, 0.05) is 18.3 Å². The van der Waals surface area contributed by atoms with Crippen LogP contribution in [0, 0.1) is 0 Å². The van der Waals surface area contributed by atoms with Gasteiger partial charge in [0.15, 0.2) is 11.5 Å². The number of likely N-dealkylation sites (N-methyl/N-ethyl adjacent to an activating group) is 1. The number of para-hydroxylation sites is 1. The van der Waals surface area contributed by atoms with Gasteiger partial charge in [-0.2, -0.15) is 0 Å². The molecule has 5 rings (SSSR count). The Morgan fingerprint density at radius 3 is 2.50 bits per heavy atom. The lowest BCUT2D eigenvalue weighted by atomic mass is 9.76. The molecule has 152 valence electrons. The minimum atomic E-state index is -0.620. The molecule has 30 heavy (non-hydrogen) atoms. The Hall–Kier alpha value is -3.20. The molecule has 3 nitrogen and oxygen atoms in total. The van der Waals surface area contributed by atoms with Crippen LogP contribution in [0.25, 0.3) is 17.2 Å². The molecule has 0 amide bonds. The molecule has 0 aromatic heterocycles. The van der Waals surface area contributed by atoms with Crippen LogP contribution in [0.5, 0.6) is 11.5 Å². The lowest BCUT2D eigenvalue weighted by Crippen LogP contribution is -2.58. The van der Waals surface area contributed by atoms with E-state index < -0.39 is 5.72 Å². The summed E-state index contributed by atoms with van der Waals surface area (Å²) >= 11 is 0. The second-order valence-corrected chi connectivity index (χ2v) is 8.52. The van der Waals surface area contributed by atoms with Crippen molar-refractivity contribution in [2.24, 2.45) is 0 Å². The molecule has 0 radical (unpaired) electrons. The van der Waals surface area contributed by atoms with Crippen molar-refractivity contribution in [2.75, 3.05) is 18.6 Å². The summed E-state index contributed by atoms with van der Waals surface area (Å²) in [6.07, 6.45) is 4.37. The third-order valence-corrected chi connectivity index (χ3v) is 6.59. The Morgan fingerprint density at radius 1 is 0.933 bits per heavy atom. The number of ether oxygens (including phenoxy) is 2. The first-order chi connectivity index (χ1) is 14.5. The van der Waals surface area contributed by atoms with Crippen LogP contribution in [-0.2, 0) is 5.41 Å². The van der Waals surface area contributed by atoms with Crippen LogP contribution < -0.4 is 14.4 Å². The first kappa shape index (κ1) is 18.8. The Labute approximate surface area is 178 Å². The first-order valence-electron chi connectivity index (χ1n) is 10.6. The predicted octanol–water partition coefficient (Wildman–Crippen LogP) is 6.28. The number of rotatable bonds is 3. The second kappa shape index (κ2) is 6.66.